The summed E-state index contributed by atoms with van der Waals surface area (Å²) in [5, 5.41) is 15.5. The molecule has 9 heterocycles. The lowest BCUT2D eigenvalue weighted by Gasteiger charge is -2.19. The van der Waals surface area contributed by atoms with Crippen LogP contribution in [0.2, 0.25) is 0 Å². The Morgan fingerprint density at radius 3 is 1.32 bits per heavy atom. The quantitative estimate of drug-likeness (QED) is 0.1000. The second-order valence-corrected chi connectivity index (χ2v) is 16.8. The van der Waals surface area contributed by atoms with Crippen molar-refractivity contribution in [3.8, 4) is 33.8 Å². The Morgan fingerprint density at radius 1 is 0.577 bits per heavy atom. The third-order valence-electron chi connectivity index (χ3n) is 12.5. The zero-order valence-corrected chi connectivity index (χ0v) is 37.8. The third-order valence-corrected chi connectivity index (χ3v) is 12.5. The second kappa shape index (κ2) is 22.1. The second-order valence-electron chi connectivity index (χ2n) is 16.8. The summed E-state index contributed by atoms with van der Waals surface area (Å²) in [7, 11) is 0. The first-order valence-corrected chi connectivity index (χ1v) is 22.5. The molecule has 12 rings (SSSR count). The minimum absolute atomic E-state index is 0. The maximum atomic E-state index is 8.32. The minimum Gasteiger partial charge on any atom is -0.346 e. The summed E-state index contributed by atoms with van der Waals surface area (Å²) >= 11 is 0. The van der Waals surface area contributed by atoms with E-state index in [0.717, 1.165) is 33.2 Å². The molecule has 0 amide bonds. The lowest BCUT2D eigenvalue weighted by atomic mass is 9.97. The van der Waals surface area contributed by atoms with Gasteiger partial charge in [0.2, 0.25) is 19.6 Å². The van der Waals surface area contributed by atoms with E-state index < -0.39 is 81.0 Å². The molecule has 0 spiro atoms. The standard InChI is InChI=1S/C18H20N6.2C17H18N6.CH4/c1-12-3-4-13(7-12)16(9-19-2)24-10-14(8-23-24)17-15-5-6-20-18(15)22-11-21-17;2*1-18-9-15(12-4-2-3-5-12)23-10-13(8-22-23)16-14-6-7-19-17(14)21-11-20-16;/h5-6,8,10-13,16H,3-4,7,9H2,1H3,(H,20,21,22);2*6-8,10-12,15H,2-5,9H2,(H,19,20,21);1H4/t12?,13?,16-;2*15-;/m111./s1/i3D2,12D;2D2,3D2,4D2,5D2;4D2,5D2;. The van der Waals surface area contributed by atoms with Gasteiger partial charge in [-0.1, -0.05) is 46.3 Å². The summed E-state index contributed by atoms with van der Waals surface area (Å²) < 4.78 is 128. The molecule has 3 N–H and O–H groups in total. The molecule has 0 saturated heterocycles. The fourth-order valence-electron chi connectivity index (χ4n) is 9.02. The molecule has 3 aliphatic rings. The SMILES string of the molecule is C.[2H]C1([2H])C([C@@H](C[N+]#[C-])n2cc(-c3ncnc4[nH]ccc34)cn2)C([2H])([2H])C([2H])([2H])C1([2H])[2H].[2H]C1([2H])CC([C@@H](C[N+]#[C-])n2cc(-c3ncnc4[nH]ccc34)cn2)CC1([2H])C.[2H]C1([2H])CCC([2H])([2H])C1[C@@H](C[N+]#[C-])n1cc(-c2ncnc3[nH]ccc23)cn1. The molecule has 0 aromatic carbocycles. The summed E-state index contributed by atoms with van der Waals surface area (Å²) in [4.78, 5) is 44.8. The van der Waals surface area contributed by atoms with Crippen molar-refractivity contribution in [2.75, 3.05) is 19.6 Å². The number of nitrogens with one attached hydrogen (secondary N) is 3. The van der Waals surface area contributed by atoms with Gasteiger partial charge in [0.1, 0.15) is 54.0 Å². The maximum Gasteiger partial charge on any atom is 0.237 e. The third kappa shape index (κ3) is 10.3. The van der Waals surface area contributed by atoms with Crippen molar-refractivity contribution in [1.29, 1.82) is 0 Å². The van der Waals surface area contributed by atoms with Crippen LogP contribution in [0.3, 0.4) is 0 Å². The van der Waals surface area contributed by atoms with Crippen LogP contribution in [-0.2, 0) is 0 Å². The predicted molar refractivity (Wildman–Crippen MR) is 274 cm³/mol. The number of rotatable bonds is 12. The highest BCUT2D eigenvalue weighted by molar-refractivity contribution is 5.91. The van der Waals surface area contributed by atoms with Gasteiger partial charge < -0.3 is 29.5 Å². The van der Waals surface area contributed by atoms with Crippen LogP contribution in [0.4, 0.5) is 0 Å². The number of nitrogens with zero attached hydrogens (tertiary/aromatic N) is 15. The first kappa shape index (κ1) is 32.7. The Bertz CT molecular complexity index is 3970. The van der Waals surface area contributed by atoms with Gasteiger partial charge in [-0.15, -0.1) is 0 Å². The summed E-state index contributed by atoms with van der Waals surface area (Å²) in [6.07, 6.45) is 3.41. The van der Waals surface area contributed by atoms with E-state index in [2.05, 4.69) is 74.7 Å². The van der Waals surface area contributed by atoms with Crippen LogP contribution in [0.15, 0.2) is 93.0 Å². The fourth-order valence-corrected chi connectivity index (χ4v) is 9.02. The largest absolute Gasteiger partial charge is 0.346 e. The number of aromatic amines is 3. The smallest absolute Gasteiger partial charge is 0.237 e. The molecule has 3 fully saturated rings. The molecule has 0 aliphatic heterocycles. The molecule has 18 heteroatoms. The highest BCUT2D eigenvalue weighted by Gasteiger charge is 2.33. The van der Waals surface area contributed by atoms with Gasteiger partial charge in [-0.25, -0.2) is 49.6 Å². The summed E-state index contributed by atoms with van der Waals surface area (Å²) in [6, 6.07) is 3.36. The average Bonchev–Trinajstić information content (AvgIpc) is 1.52. The molecule has 0 radical (unpaired) electrons. The van der Waals surface area contributed by atoms with Crippen LogP contribution in [-0.4, -0.2) is 93.8 Å². The summed E-state index contributed by atoms with van der Waals surface area (Å²) in [6.45, 7) is 23.3. The fraction of sp³-hybridized carbons (Fsp3) is 0.434. The first-order valence-electron chi connectivity index (χ1n) is 30.0. The highest BCUT2D eigenvalue weighted by atomic mass is 15.3. The van der Waals surface area contributed by atoms with Crippen LogP contribution >= 0.6 is 0 Å². The number of fused-ring (bicyclic) bond motifs is 3. The Labute approximate surface area is 434 Å². The Kier molecular flexibility index (Phi) is 10.2. The molecule has 362 valence electrons. The van der Waals surface area contributed by atoms with Gasteiger partial charge in [-0.05, 0) is 80.2 Å². The van der Waals surface area contributed by atoms with E-state index in [4.69, 9.17) is 40.3 Å². The molecule has 3 aliphatic carbocycles. The van der Waals surface area contributed by atoms with E-state index in [1.807, 2.05) is 24.5 Å². The molecule has 0 bridgehead atoms. The number of H-pyrrole nitrogens is 3. The molecule has 2 unspecified atom stereocenters. The van der Waals surface area contributed by atoms with Gasteiger partial charge in [0, 0.05) is 90.6 Å². The van der Waals surface area contributed by atoms with Crippen molar-refractivity contribution in [3.05, 3.63) is 127 Å². The lowest BCUT2D eigenvalue weighted by Crippen LogP contribution is -2.20. The van der Waals surface area contributed by atoms with E-state index in [9.17, 15) is 0 Å². The molecular formula is C53H60N18. The predicted octanol–water partition coefficient (Wildman–Crippen LogP) is 11.3. The molecular weight excluding hydrogens is 889 g/mol. The molecule has 9 aromatic rings. The van der Waals surface area contributed by atoms with Crippen molar-refractivity contribution in [2.24, 2.45) is 23.6 Å². The zero-order valence-electron chi connectivity index (χ0n) is 52.8. The molecule has 9 aromatic heterocycles. The van der Waals surface area contributed by atoms with Crippen molar-refractivity contribution in [3.63, 3.8) is 0 Å². The van der Waals surface area contributed by atoms with E-state index in [1.54, 1.807) is 48.7 Å². The van der Waals surface area contributed by atoms with Gasteiger partial charge in [0.15, 0.2) is 0 Å². The van der Waals surface area contributed by atoms with Crippen LogP contribution in [0.25, 0.3) is 81.4 Å². The monoisotopic (exact) mass is 964 g/mol. The zero-order chi connectivity index (χ0) is 61.3. The van der Waals surface area contributed by atoms with Crippen LogP contribution in [0.5, 0.6) is 0 Å². The van der Waals surface area contributed by atoms with Crippen LogP contribution in [0.1, 0.15) is 123 Å². The van der Waals surface area contributed by atoms with Gasteiger partial charge in [-0.2, -0.15) is 15.3 Å². The number of hydrogen-bond donors (Lipinski definition) is 3. The van der Waals surface area contributed by atoms with Crippen molar-refractivity contribution >= 4 is 33.1 Å². The van der Waals surface area contributed by atoms with Gasteiger partial charge >= 0.3 is 0 Å². The normalized spacial score (nSPS) is 27.3. The van der Waals surface area contributed by atoms with Crippen molar-refractivity contribution in [2.45, 2.75) is 103 Å². The Morgan fingerprint density at radius 2 is 0.958 bits per heavy atom. The number of hydrogen-bond acceptors (Lipinski definition) is 9. The average molecular weight is 964 g/mol. The van der Waals surface area contributed by atoms with Gasteiger partial charge in [-0.3, -0.25) is 14.0 Å². The van der Waals surface area contributed by atoms with E-state index in [0.29, 0.717) is 40.1 Å². The van der Waals surface area contributed by atoms with Crippen LogP contribution < -0.4 is 0 Å². The Hall–Kier alpha value is -8.04. The Balaban J connectivity index is 0.000000154. The van der Waals surface area contributed by atoms with E-state index >= 15 is 0 Å². The van der Waals surface area contributed by atoms with Crippen molar-refractivity contribution < 1.29 is 20.6 Å². The molecule has 71 heavy (non-hydrogen) atoms. The lowest BCUT2D eigenvalue weighted by molar-refractivity contribution is 0.322. The molecule has 5 atom stereocenters. The first-order chi connectivity index (χ1) is 40.0. The minimum atomic E-state index is -3.12. The molecule has 3 saturated carbocycles. The molecule has 18 nitrogen and oxygen atoms in total. The number of aromatic nitrogens is 15. The van der Waals surface area contributed by atoms with Gasteiger partial charge in [0.05, 0.1) is 35.7 Å². The summed E-state index contributed by atoms with van der Waals surface area (Å²) in [5.41, 5.74) is 6.10. The van der Waals surface area contributed by atoms with E-state index in [-0.39, 0.29) is 51.7 Å². The maximum absolute atomic E-state index is 8.32. The van der Waals surface area contributed by atoms with Crippen molar-refractivity contribution in [1.82, 2.24) is 74.2 Å². The van der Waals surface area contributed by atoms with Gasteiger partial charge in [0.25, 0.3) is 0 Å². The summed E-state index contributed by atoms with van der Waals surface area (Å²) in [5.74, 6) is -4.01. The topological polar surface area (TPSA) is 191 Å². The highest BCUT2D eigenvalue weighted by Crippen LogP contribution is 2.40. The van der Waals surface area contributed by atoms with E-state index in [1.165, 1.54) is 40.7 Å². The van der Waals surface area contributed by atoms with Crippen LogP contribution in [0, 0.1) is 43.4 Å².